The summed E-state index contributed by atoms with van der Waals surface area (Å²) in [5.41, 5.74) is 1.49. The summed E-state index contributed by atoms with van der Waals surface area (Å²) < 4.78 is 2.00. The zero-order valence-electron chi connectivity index (χ0n) is 14.9. The Kier molecular flexibility index (Phi) is 4.77. The van der Waals surface area contributed by atoms with Crippen LogP contribution in [0.2, 0.25) is 0 Å². The van der Waals surface area contributed by atoms with Gasteiger partial charge in [0.15, 0.2) is 5.82 Å². The first-order chi connectivity index (χ1) is 12.2. The van der Waals surface area contributed by atoms with Gasteiger partial charge in [0.25, 0.3) is 11.8 Å². The van der Waals surface area contributed by atoms with Crippen LogP contribution in [0, 0.1) is 0 Å². The number of rotatable bonds is 3. The van der Waals surface area contributed by atoms with Crippen LogP contribution in [0.4, 0.5) is 0 Å². The molecule has 1 saturated heterocycles. The van der Waals surface area contributed by atoms with Crippen molar-refractivity contribution < 1.29 is 9.59 Å². The first-order valence-electron chi connectivity index (χ1n) is 9.93. The molecule has 6 heteroatoms. The molecule has 1 saturated carbocycles. The zero-order chi connectivity index (χ0) is 17.2. The van der Waals surface area contributed by atoms with Crippen LogP contribution < -0.4 is 5.32 Å². The van der Waals surface area contributed by atoms with Crippen molar-refractivity contribution in [3.63, 3.8) is 0 Å². The van der Waals surface area contributed by atoms with Crippen LogP contribution in [0.15, 0.2) is 0 Å². The smallest absolute Gasteiger partial charge is 0.287 e. The molecule has 2 fully saturated rings. The summed E-state index contributed by atoms with van der Waals surface area (Å²) in [4.78, 5) is 32.1. The average molecular weight is 344 g/mol. The molecule has 1 aromatic rings. The Morgan fingerprint density at radius 2 is 1.64 bits per heavy atom. The quantitative estimate of drug-likeness (QED) is 0.916. The van der Waals surface area contributed by atoms with Crippen molar-refractivity contribution >= 4 is 11.8 Å². The minimum Gasteiger partial charge on any atom is -0.347 e. The summed E-state index contributed by atoms with van der Waals surface area (Å²) >= 11 is 0. The average Bonchev–Trinajstić information content (AvgIpc) is 3.30. The fourth-order valence-corrected chi connectivity index (χ4v) is 4.45. The Morgan fingerprint density at radius 3 is 2.40 bits per heavy atom. The van der Waals surface area contributed by atoms with Gasteiger partial charge in [-0.1, -0.05) is 19.3 Å². The van der Waals surface area contributed by atoms with Crippen LogP contribution >= 0.6 is 0 Å². The standard InChI is InChI=1S/C19H28N4O2/c24-18(20-14-8-2-1-3-9-14)17-21-16(15-10-4-5-13-23(15)17)19(25)22-11-6-7-12-22/h14H,1-13H2,(H,20,24). The highest BCUT2D eigenvalue weighted by molar-refractivity contribution is 5.97. The number of hydrogen-bond donors (Lipinski definition) is 1. The Bertz CT molecular complexity index is 655. The Morgan fingerprint density at radius 1 is 0.920 bits per heavy atom. The van der Waals surface area contributed by atoms with Crippen LogP contribution in [-0.4, -0.2) is 45.4 Å². The summed E-state index contributed by atoms with van der Waals surface area (Å²) in [5.74, 6) is 0.359. The lowest BCUT2D eigenvalue weighted by Crippen LogP contribution is -2.37. The molecule has 0 atom stereocenters. The van der Waals surface area contributed by atoms with Gasteiger partial charge in [0.2, 0.25) is 0 Å². The summed E-state index contributed by atoms with van der Waals surface area (Å²) in [7, 11) is 0. The molecule has 25 heavy (non-hydrogen) atoms. The number of carbonyl (C=O) groups excluding carboxylic acids is 2. The maximum absolute atomic E-state index is 12.9. The Balaban J connectivity index is 1.58. The minimum absolute atomic E-state index is 0.0138. The third kappa shape index (κ3) is 3.31. The summed E-state index contributed by atoms with van der Waals surface area (Å²) in [6, 6.07) is 0.260. The van der Waals surface area contributed by atoms with E-state index in [1.807, 2.05) is 9.47 Å². The molecule has 0 radical (unpaired) electrons. The van der Waals surface area contributed by atoms with E-state index in [9.17, 15) is 9.59 Å². The third-order valence-electron chi connectivity index (χ3n) is 5.86. The largest absolute Gasteiger partial charge is 0.347 e. The van der Waals surface area contributed by atoms with E-state index < -0.39 is 0 Å². The zero-order valence-corrected chi connectivity index (χ0v) is 14.9. The summed E-state index contributed by atoms with van der Waals surface area (Å²) in [6.45, 7) is 2.42. The first-order valence-corrected chi connectivity index (χ1v) is 9.93. The number of nitrogens with zero attached hydrogens (tertiary/aromatic N) is 3. The van der Waals surface area contributed by atoms with Gasteiger partial charge in [-0.25, -0.2) is 4.98 Å². The second-order valence-corrected chi connectivity index (χ2v) is 7.65. The number of carbonyl (C=O) groups is 2. The molecule has 3 aliphatic rings. The molecule has 2 aliphatic heterocycles. The maximum atomic E-state index is 12.9. The number of hydrogen-bond acceptors (Lipinski definition) is 3. The number of imidazole rings is 1. The van der Waals surface area contributed by atoms with Crippen LogP contribution in [0.5, 0.6) is 0 Å². The molecule has 1 N–H and O–H groups in total. The summed E-state index contributed by atoms with van der Waals surface area (Å²) in [6.07, 6.45) is 10.8. The molecule has 6 nitrogen and oxygen atoms in total. The second kappa shape index (κ2) is 7.18. The SMILES string of the molecule is O=C(NC1CCCCC1)c1nc(C(=O)N2CCCC2)c2n1CCCC2. The molecule has 1 aliphatic carbocycles. The monoisotopic (exact) mass is 344 g/mol. The number of amides is 2. The van der Waals surface area contributed by atoms with E-state index in [0.717, 1.165) is 70.3 Å². The fourth-order valence-electron chi connectivity index (χ4n) is 4.45. The van der Waals surface area contributed by atoms with Gasteiger partial charge in [-0.05, 0) is 44.9 Å². The number of fused-ring (bicyclic) bond motifs is 1. The topological polar surface area (TPSA) is 67.2 Å². The van der Waals surface area contributed by atoms with Crippen molar-refractivity contribution in [3.8, 4) is 0 Å². The second-order valence-electron chi connectivity index (χ2n) is 7.65. The van der Waals surface area contributed by atoms with Gasteiger partial charge in [-0.15, -0.1) is 0 Å². The number of likely N-dealkylation sites (tertiary alicyclic amines) is 1. The molecule has 136 valence electrons. The molecular weight excluding hydrogens is 316 g/mol. The van der Waals surface area contributed by atoms with Gasteiger partial charge < -0.3 is 14.8 Å². The first kappa shape index (κ1) is 16.6. The predicted molar refractivity (Wildman–Crippen MR) is 94.6 cm³/mol. The van der Waals surface area contributed by atoms with Crippen molar-refractivity contribution in [1.29, 1.82) is 0 Å². The molecular formula is C19H28N4O2. The van der Waals surface area contributed by atoms with E-state index in [1.165, 1.54) is 19.3 Å². The highest BCUT2D eigenvalue weighted by atomic mass is 16.2. The van der Waals surface area contributed by atoms with Gasteiger partial charge in [0.1, 0.15) is 5.69 Å². The van der Waals surface area contributed by atoms with Crippen LogP contribution in [0.1, 0.15) is 84.6 Å². The molecule has 0 unspecified atom stereocenters. The fraction of sp³-hybridized carbons (Fsp3) is 0.737. The molecule has 0 spiro atoms. The van der Waals surface area contributed by atoms with E-state index >= 15 is 0 Å². The van der Waals surface area contributed by atoms with Crippen LogP contribution in [0.25, 0.3) is 0 Å². The molecule has 3 heterocycles. The van der Waals surface area contributed by atoms with Crippen molar-refractivity contribution in [3.05, 3.63) is 17.2 Å². The molecule has 2 amide bonds. The highest BCUT2D eigenvalue weighted by Crippen LogP contribution is 2.24. The van der Waals surface area contributed by atoms with Gasteiger partial charge in [0.05, 0.1) is 5.69 Å². The molecule has 0 bridgehead atoms. The lowest BCUT2D eigenvalue weighted by molar-refractivity contribution is 0.0786. The molecule has 1 aromatic heterocycles. The highest BCUT2D eigenvalue weighted by Gasteiger charge is 2.31. The molecule has 4 rings (SSSR count). The van der Waals surface area contributed by atoms with E-state index in [1.54, 1.807) is 0 Å². The predicted octanol–water partition coefficient (Wildman–Crippen LogP) is 2.52. The van der Waals surface area contributed by atoms with E-state index in [-0.39, 0.29) is 17.9 Å². The Hall–Kier alpha value is -1.85. The summed E-state index contributed by atoms with van der Waals surface area (Å²) in [5, 5.41) is 3.16. The van der Waals surface area contributed by atoms with Crippen molar-refractivity contribution in [2.75, 3.05) is 13.1 Å². The maximum Gasteiger partial charge on any atom is 0.287 e. The lowest BCUT2D eigenvalue weighted by Gasteiger charge is -2.23. The van der Waals surface area contributed by atoms with Crippen LogP contribution in [0.3, 0.4) is 0 Å². The van der Waals surface area contributed by atoms with Crippen molar-refractivity contribution in [2.24, 2.45) is 0 Å². The normalized spacial score (nSPS) is 21.2. The number of nitrogens with one attached hydrogen (secondary N) is 1. The van der Waals surface area contributed by atoms with E-state index in [4.69, 9.17) is 0 Å². The van der Waals surface area contributed by atoms with E-state index in [2.05, 4.69) is 10.3 Å². The van der Waals surface area contributed by atoms with Gasteiger partial charge in [-0.2, -0.15) is 0 Å². The lowest BCUT2D eigenvalue weighted by atomic mass is 9.95. The third-order valence-corrected chi connectivity index (χ3v) is 5.86. The minimum atomic E-state index is -0.101. The molecule has 0 aromatic carbocycles. The number of aromatic nitrogens is 2. The van der Waals surface area contributed by atoms with Crippen molar-refractivity contribution in [1.82, 2.24) is 19.8 Å². The van der Waals surface area contributed by atoms with Crippen LogP contribution in [-0.2, 0) is 13.0 Å². The van der Waals surface area contributed by atoms with Gasteiger partial charge in [0, 0.05) is 25.7 Å². The van der Waals surface area contributed by atoms with E-state index in [0.29, 0.717) is 11.5 Å². The Labute approximate surface area is 149 Å². The van der Waals surface area contributed by atoms with Gasteiger partial charge >= 0.3 is 0 Å². The van der Waals surface area contributed by atoms with Gasteiger partial charge in [-0.3, -0.25) is 9.59 Å². The van der Waals surface area contributed by atoms with Crippen molar-refractivity contribution in [2.45, 2.75) is 76.8 Å².